The van der Waals surface area contributed by atoms with Crippen LogP contribution >= 0.6 is 0 Å². The predicted octanol–water partition coefficient (Wildman–Crippen LogP) is 7.17. The fraction of sp³-hybridized carbons (Fsp3) is 0.675. The van der Waals surface area contributed by atoms with E-state index in [9.17, 15) is 4.79 Å². The van der Waals surface area contributed by atoms with Crippen LogP contribution < -0.4 is 5.32 Å². The highest BCUT2D eigenvalue weighted by Crippen LogP contribution is 2.44. The number of hydrogen-bond donors (Lipinski definition) is 1. The highest BCUT2D eigenvalue weighted by atomic mass is 16.6. The molecular formula is C40H63NO9. The van der Waals surface area contributed by atoms with E-state index in [2.05, 4.69) is 36.5 Å². The van der Waals surface area contributed by atoms with Crippen molar-refractivity contribution >= 4 is 6.09 Å². The lowest BCUT2D eigenvalue weighted by Gasteiger charge is -2.14. The number of carbonyl (C=O) groups is 1. The molecule has 1 aliphatic carbocycles. The number of ether oxygens (including phenoxy) is 8. The third kappa shape index (κ3) is 18.6. The summed E-state index contributed by atoms with van der Waals surface area (Å²) in [6.07, 6.45) is 10.8. The summed E-state index contributed by atoms with van der Waals surface area (Å²) in [4.78, 5) is 12.3. The first-order valence-electron chi connectivity index (χ1n) is 18.9. The van der Waals surface area contributed by atoms with Gasteiger partial charge in [0.25, 0.3) is 0 Å². The Bertz CT molecular complexity index is 1070. The van der Waals surface area contributed by atoms with E-state index in [0.717, 1.165) is 13.0 Å². The normalized spacial score (nSPS) is 12.3. The van der Waals surface area contributed by atoms with Gasteiger partial charge in [0.15, 0.2) is 0 Å². The standard InChI is InChI=1S/C40H63NO9/c1-2-3-4-5-6-7-8-13-20-43-22-24-45-26-28-47-30-32-49-33-31-48-29-27-46-25-23-44-21-14-19-41-40(42)50-34-39-37-17-11-9-15-35(37)36-16-10-12-18-38(36)39/h9-12,15-18,39H,2-8,13-14,19-34H2,1H3,(H,41,42). The van der Waals surface area contributed by atoms with Gasteiger partial charge in [-0.15, -0.1) is 0 Å². The summed E-state index contributed by atoms with van der Waals surface area (Å²) in [5.74, 6) is 0.0573. The minimum atomic E-state index is -0.407. The zero-order valence-electron chi connectivity index (χ0n) is 30.5. The van der Waals surface area contributed by atoms with Gasteiger partial charge in [0.1, 0.15) is 6.61 Å². The molecule has 282 valence electrons. The van der Waals surface area contributed by atoms with Crippen molar-refractivity contribution in [1.29, 1.82) is 0 Å². The van der Waals surface area contributed by atoms with E-state index in [0.29, 0.717) is 105 Å². The van der Waals surface area contributed by atoms with E-state index >= 15 is 0 Å². The molecule has 0 radical (unpaired) electrons. The molecule has 1 amide bonds. The van der Waals surface area contributed by atoms with Gasteiger partial charge in [-0.3, -0.25) is 0 Å². The first-order valence-corrected chi connectivity index (χ1v) is 18.9. The summed E-state index contributed by atoms with van der Waals surface area (Å²) >= 11 is 0. The molecule has 1 N–H and O–H groups in total. The molecule has 3 rings (SSSR count). The first kappa shape index (κ1) is 41.8. The molecule has 0 saturated heterocycles. The van der Waals surface area contributed by atoms with Gasteiger partial charge >= 0.3 is 6.09 Å². The molecule has 1 aliphatic rings. The number of alkyl carbamates (subject to hydrolysis) is 1. The van der Waals surface area contributed by atoms with Crippen molar-refractivity contribution in [3.63, 3.8) is 0 Å². The lowest BCUT2D eigenvalue weighted by molar-refractivity contribution is -0.0206. The van der Waals surface area contributed by atoms with Crippen LogP contribution in [0.15, 0.2) is 48.5 Å². The van der Waals surface area contributed by atoms with Crippen LogP contribution in [-0.2, 0) is 37.9 Å². The Hall–Kier alpha value is -2.57. The maximum absolute atomic E-state index is 12.3. The largest absolute Gasteiger partial charge is 0.449 e. The molecule has 10 nitrogen and oxygen atoms in total. The van der Waals surface area contributed by atoms with E-state index in [1.165, 1.54) is 67.2 Å². The summed E-state index contributed by atoms with van der Waals surface area (Å²) in [5.41, 5.74) is 4.83. The van der Waals surface area contributed by atoms with Crippen LogP contribution in [0.25, 0.3) is 11.1 Å². The third-order valence-electron chi connectivity index (χ3n) is 8.45. The molecule has 0 bridgehead atoms. The lowest BCUT2D eigenvalue weighted by atomic mass is 9.98. The van der Waals surface area contributed by atoms with Gasteiger partial charge in [-0.1, -0.05) is 100 Å². The van der Waals surface area contributed by atoms with E-state index in [4.69, 9.17) is 37.9 Å². The Morgan fingerprint density at radius 3 is 1.34 bits per heavy atom. The van der Waals surface area contributed by atoms with Gasteiger partial charge in [-0.2, -0.15) is 0 Å². The second kappa shape index (κ2) is 29.1. The number of carbonyl (C=O) groups excluding carboxylic acids is 1. The molecule has 0 atom stereocenters. The summed E-state index contributed by atoms with van der Waals surface area (Å²) in [7, 11) is 0. The molecule has 0 heterocycles. The number of fused-ring (bicyclic) bond motifs is 3. The Balaban J connectivity index is 0.971. The van der Waals surface area contributed by atoms with Crippen LogP contribution in [0.2, 0.25) is 0 Å². The maximum atomic E-state index is 12.3. The fourth-order valence-corrected chi connectivity index (χ4v) is 5.77. The van der Waals surface area contributed by atoms with Crippen molar-refractivity contribution in [3.05, 3.63) is 59.7 Å². The molecule has 0 fully saturated rings. The van der Waals surface area contributed by atoms with E-state index in [1.54, 1.807) is 0 Å². The zero-order valence-corrected chi connectivity index (χ0v) is 30.5. The number of rotatable bonds is 33. The summed E-state index contributed by atoms with van der Waals surface area (Å²) in [6, 6.07) is 16.6. The number of unbranched alkanes of at least 4 members (excludes halogenated alkanes) is 7. The molecule has 2 aromatic carbocycles. The summed E-state index contributed by atoms with van der Waals surface area (Å²) in [5, 5.41) is 2.81. The predicted molar refractivity (Wildman–Crippen MR) is 196 cm³/mol. The fourth-order valence-electron chi connectivity index (χ4n) is 5.77. The zero-order chi connectivity index (χ0) is 35.2. The van der Waals surface area contributed by atoms with Crippen molar-refractivity contribution in [2.24, 2.45) is 0 Å². The van der Waals surface area contributed by atoms with Crippen molar-refractivity contribution < 1.29 is 42.7 Å². The van der Waals surface area contributed by atoms with Gasteiger partial charge < -0.3 is 43.2 Å². The van der Waals surface area contributed by atoms with E-state index < -0.39 is 6.09 Å². The van der Waals surface area contributed by atoms with Gasteiger partial charge in [-0.25, -0.2) is 4.79 Å². The number of nitrogens with one attached hydrogen (secondary N) is 1. The molecule has 2 aromatic rings. The smallest absolute Gasteiger partial charge is 0.407 e. The number of amides is 1. The van der Waals surface area contributed by atoms with Crippen molar-refractivity contribution in [1.82, 2.24) is 5.32 Å². The molecule has 0 aromatic heterocycles. The minimum Gasteiger partial charge on any atom is -0.449 e. The second-order valence-corrected chi connectivity index (χ2v) is 12.4. The van der Waals surface area contributed by atoms with E-state index in [-0.39, 0.29) is 5.92 Å². The first-order chi connectivity index (χ1) is 24.8. The Morgan fingerprint density at radius 2 is 0.880 bits per heavy atom. The molecule has 0 spiro atoms. The lowest BCUT2D eigenvalue weighted by Crippen LogP contribution is -2.27. The Labute approximate surface area is 300 Å². The average molecular weight is 702 g/mol. The van der Waals surface area contributed by atoms with Crippen LogP contribution in [0.5, 0.6) is 0 Å². The Morgan fingerprint density at radius 1 is 0.500 bits per heavy atom. The van der Waals surface area contributed by atoms with Crippen LogP contribution in [-0.4, -0.2) is 112 Å². The maximum Gasteiger partial charge on any atom is 0.407 e. The summed E-state index contributed by atoms with van der Waals surface area (Å²) in [6.45, 7) is 10.9. The number of hydrogen-bond acceptors (Lipinski definition) is 9. The molecule has 0 unspecified atom stereocenters. The van der Waals surface area contributed by atoms with Crippen molar-refractivity contribution in [3.8, 4) is 11.1 Å². The van der Waals surface area contributed by atoms with Gasteiger partial charge in [0.2, 0.25) is 0 Å². The third-order valence-corrected chi connectivity index (χ3v) is 8.45. The molecule has 50 heavy (non-hydrogen) atoms. The SMILES string of the molecule is CCCCCCCCCCOCCOCCOCCOCCOCCOCCOCCCNC(=O)OCC1c2ccccc2-c2ccccc21. The highest BCUT2D eigenvalue weighted by Gasteiger charge is 2.28. The Kier molecular flexibility index (Phi) is 24.3. The van der Waals surface area contributed by atoms with E-state index in [1.807, 2.05) is 24.3 Å². The van der Waals surface area contributed by atoms with Gasteiger partial charge in [0, 0.05) is 25.7 Å². The molecule has 10 heteroatoms. The topological polar surface area (TPSA) is 103 Å². The van der Waals surface area contributed by atoms with Crippen LogP contribution in [0.3, 0.4) is 0 Å². The van der Waals surface area contributed by atoms with Gasteiger partial charge in [-0.05, 0) is 35.1 Å². The second-order valence-electron chi connectivity index (χ2n) is 12.4. The van der Waals surface area contributed by atoms with Crippen LogP contribution in [0.4, 0.5) is 4.79 Å². The highest BCUT2D eigenvalue weighted by molar-refractivity contribution is 5.79. The average Bonchev–Trinajstić information content (AvgIpc) is 3.46. The van der Waals surface area contributed by atoms with Crippen LogP contribution in [0.1, 0.15) is 81.8 Å². The molecular weight excluding hydrogens is 638 g/mol. The number of benzene rings is 2. The van der Waals surface area contributed by atoms with Crippen LogP contribution in [0, 0.1) is 0 Å². The summed E-state index contributed by atoms with van der Waals surface area (Å²) < 4.78 is 44.4. The molecule has 0 saturated carbocycles. The van der Waals surface area contributed by atoms with Crippen molar-refractivity contribution in [2.75, 3.05) is 106 Å². The minimum absolute atomic E-state index is 0.0573. The molecule has 0 aliphatic heterocycles. The van der Waals surface area contributed by atoms with Gasteiger partial charge in [0.05, 0.1) is 79.3 Å². The van der Waals surface area contributed by atoms with Crippen molar-refractivity contribution in [2.45, 2.75) is 70.6 Å². The quantitative estimate of drug-likeness (QED) is 0.0776. The monoisotopic (exact) mass is 701 g/mol.